The van der Waals surface area contributed by atoms with E-state index in [9.17, 15) is 15.3 Å². The number of halogens is 2. The fraction of sp³-hybridized carbons (Fsp3) is 0.333. The van der Waals surface area contributed by atoms with Crippen LogP contribution in [0.4, 0.5) is 11.5 Å². The molecule has 0 aliphatic heterocycles. The first kappa shape index (κ1) is 27.0. The van der Waals surface area contributed by atoms with E-state index < -0.39 is 24.9 Å². The lowest BCUT2D eigenvalue weighted by Crippen LogP contribution is -2.43. The summed E-state index contributed by atoms with van der Waals surface area (Å²) in [6.07, 6.45) is -2.51. The number of nitrogens with zero attached hydrogens (tertiary/aromatic N) is 2. The fourth-order valence-corrected chi connectivity index (χ4v) is 3.48. The largest absolute Gasteiger partial charge is 0.493 e. The van der Waals surface area contributed by atoms with Crippen LogP contribution < -0.4 is 14.8 Å². The maximum Gasteiger partial charge on any atom is 0.164 e. The molecule has 180 valence electrons. The molecule has 0 spiro atoms. The smallest absolute Gasteiger partial charge is 0.164 e. The van der Waals surface area contributed by atoms with Crippen LogP contribution in [-0.2, 0) is 0 Å². The van der Waals surface area contributed by atoms with Crippen molar-refractivity contribution in [3.05, 3.63) is 46.2 Å². The SMILES string of the molecule is COc1cc2c(Nc3ccc(Br)c(Cl)c3)ncnc2cc1O[C@@H](CO)[C@@H](O)[C@H](O)CCO.O. The van der Waals surface area contributed by atoms with Crippen LogP contribution in [0.1, 0.15) is 6.42 Å². The standard InChI is InChI=1S/C21H23BrClN3O6.H2O/c1-31-17-7-12-15(8-18(17)32-19(9-28)20(30)16(29)4-5-27)24-10-25-21(12)26-11-2-3-13(22)14(23)6-11;/h2-3,6-8,10,16,19-20,27-30H,4-5,9H2,1H3,(H,24,25,26);1H2/t16-,19+,20+;/m1./s1. The normalized spacial score (nSPS) is 13.7. The predicted octanol–water partition coefficient (Wildman–Crippen LogP) is 1.82. The van der Waals surface area contributed by atoms with E-state index in [0.29, 0.717) is 27.5 Å². The minimum absolute atomic E-state index is 0. The molecule has 33 heavy (non-hydrogen) atoms. The minimum Gasteiger partial charge on any atom is -0.493 e. The molecule has 2 aromatic carbocycles. The van der Waals surface area contributed by atoms with Gasteiger partial charge in [0.1, 0.15) is 18.2 Å². The molecule has 10 nitrogen and oxygen atoms in total. The highest BCUT2D eigenvalue weighted by Gasteiger charge is 2.28. The summed E-state index contributed by atoms with van der Waals surface area (Å²) in [5, 5.41) is 43.2. The number of ether oxygens (including phenoxy) is 2. The van der Waals surface area contributed by atoms with Crippen molar-refractivity contribution in [3.63, 3.8) is 0 Å². The summed E-state index contributed by atoms with van der Waals surface area (Å²) in [4.78, 5) is 8.56. The maximum atomic E-state index is 10.3. The summed E-state index contributed by atoms with van der Waals surface area (Å²) in [7, 11) is 1.45. The number of nitrogens with one attached hydrogen (secondary N) is 1. The topological polar surface area (TPSA) is 169 Å². The molecule has 1 aromatic heterocycles. The van der Waals surface area contributed by atoms with E-state index in [1.807, 2.05) is 12.1 Å². The van der Waals surface area contributed by atoms with Crippen LogP contribution in [0.25, 0.3) is 10.9 Å². The predicted molar refractivity (Wildman–Crippen MR) is 127 cm³/mol. The summed E-state index contributed by atoms with van der Waals surface area (Å²) in [5.41, 5.74) is 1.24. The molecule has 3 atom stereocenters. The van der Waals surface area contributed by atoms with E-state index >= 15 is 0 Å². The number of rotatable bonds is 10. The van der Waals surface area contributed by atoms with Gasteiger partial charge in [-0.15, -0.1) is 0 Å². The third-order valence-corrected chi connectivity index (χ3v) is 5.99. The van der Waals surface area contributed by atoms with Gasteiger partial charge in [-0.1, -0.05) is 11.6 Å². The Morgan fingerprint density at radius 1 is 1.12 bits per heavy atom. The van der Waals surface area contributed by atoms with E-state index in [-0.39, 0.29) is 24.3 Å². The van der Waals surface area contributed by atoms with Gasteiger partial charge in [-0.25, -0.2) is 9.97 Å². The Hall–Kier alpha value is -2.25. The van der Waals surface area contributed by atoms with E-state index in [2.05, 4.69) is 31.2 Å². The Kier molecular flexibility index (Phi) is 10.0. The number of aromatic nitrogens is 2. The fourth-order valence-electron chi connectivity index (χ4n) is 3.05. The summed E-state index contributed by atoms with van der Waals surface area (Å²) < 4.78 is 11.9. The monoisotopic (exact) mass is 545 g/mol. The van der Waals surface area contributed by atoms with Gasteiger partial charge in [-0.2, -0.15) is 0 Å². The van der Waals surface area contributed by atoms with Gasteiger partial charge in [-0.3, -0.25) is 0 Å². The molecule has 12 heteroatoms. The first-order valence-corrected chi connectivity index (χ1v) is 10.8. The Labute approximate surface area is 203 Å². The van der Waals surface area contributed by atoms with Gasteiger partial charge in [0.05, 0.1) is 30.4 Å². The molecule has 0 saturated heterocycles. The molecular formula is C21H25BrClN3O7. The molecule has 1 heterocycles. The number of fused-ring (bicyclic) bond motifs is 1. The Morgan fingerprint density at radius 3 is 2.52 bits per heavy atom. The zero-order valence-corrected chi connectivity index (χ0v) is 19.9. The first-order chi connectivity index (χ1) is 15.4. The lowest BCUT2D eigenvalue weighted by molar-refractivity contribution is -0.0718. The van der Waals surface area contributed by atoms with Crippen LogP contribution in [0.3, 0.4) is 0 Å². The lowest BCUT2D eigenvalue weighted by Gasteiger charge is -2.26. The minimum atomic E-state index is -1.42. The van der Waals surface area contributed by atoms with Gasteiger partial charge >= 0.3 is 0 Å². The molecule has 0 saturated carbocycles. The van der Waals surface area contributed by atoms with Crippen LogP contribution in [0.15, 0.2) is 41.1 Å². The molecule has 0 unspecified atom stereocenters. The van der Waals surface area contributed by atoms with Crippen LogP contribution in [-0.4, -0.2) is 74.5 Å². The molecule has 0 fully saturated rings. The molecule has 3 rings (SSSR count). The van der Waals surface area contributed by atoms with E-state index in [1.165, 1.54) is 13.4 Å². The zero-order chi connectivity index (χ0) is 23.3. The second-order valence-electron chi connectivity index (χ2n) is 6.91. The molecule has 0 bridgehead atoms. The third kappa shape index (κ3) is 6.42. The van der Waals surface area contributed by atoms with Crippen molar-refractivity contribution in [1.29, 1.82) is 0 Å². The molecule has 0 aliphatic rings. The number of aliphatic hydroxyl groups excluding tert-OH is 4. The highest BCUT2D eigenvalue weighted by molar-refractivity contribution is 9.10. The quantitative estimate of drug-likeness (QED) is 0.255. The second-order valence-corrected chi connectivity index (χ2v) is 8.17. The highest BCUT2D eigenvalue weighted by atomic mass is 79.9. The molecule has 3 aromatic rings. The highest BCUT2D eigenvalue weighted by Crippen LogP contribution is 2.36. The number of methoxy groups -OCH3 is 1. The maximum absolute atomic E-state index is 10.3. The van der Waals surface area contributed by atoms with Crippen molar-refractivity contribution in [3.8, 4) is 11.5 Å². The number of hydrogen-bond acceptors (Lipinski definition) is 9. The third-order valence-electron chi connectivity index (χ3n) is 4.76. The van der Waals surface area contributed by atoms with E-state index in [1.54, 1.807) is 18.2 Å². The first-order valence-electron chi connectivity index (χ1n) is 9.67. The summed E-state index contributed by atoms with van der Waals surface area (Å²) in [6, 6.07) is 8.65. The van der Waals surface area contributed by atoms with Gasteiger partial charge in [0.25, 0.3) is 0 Å². The number of benzene rings is 2. The molecule has 0 radical (unpaired) electrons. The summed E-state index contributed by atoms with van der Waals surface area (Å²) >= 11 is 9.52. The summed E-state index contributed by atoms with van der Waals surface area (Å²) in [6.45, 7) is -0.877. The molecule has 0 aliphatic carbocycles. The average molecular weight is 547 g/mol. The van der Waals surface area contributed by atoms with Crippen LogP contribution >= 0.6 is 27.5 Å². The van der Waals surface area contributed by atoms with E-state index in [0.717, 1.165) is 10.2 Å². The van der Waals surface area contributed by atoms with Crippen LogP contribution in [0.2, 0.25) is 5.02 Å². The van der Waals surface area contributed by atoms with Crippen molar-refractivity contribution in [2.24, 2.45) is 0 Å². The van der Waals surface area contributed by atoms with Crippen LogP contribution in [0, 0.1) is 0 Å². The molecule has 0 amide bonds. The second kappa shape index (κ2) is 12.3. The van der Waals surface area contributed by atoms with Gasteiger partial charge in [-0.05, 0) is 46.6 Å². The van der Waals surface area contributed by atoms with Crippen molar-refractivity contribution in [2.75, 3.05) is 25.6 Å². The average Bonchev–Trinajstić information content (AvgIpc) is 2.79. The van der Waals surface area contributed by atoms with Gasteiger partial charge in [0, 0.05) is 28.2 Å². The van der Waals surface area contributed by atoms with Gasteiger partial charge in [0.15, 0.2) is 17.6 Å². The van der Waals surface area contributed by atoms with Crippen LogP contribution in [0.5, 0.6) is 11.5 Å². The van der Waals surface area contributed by atoms with Gasteiger partial charge < -0.3 is 40.7 Å². The van der Waals surface area contributed by atoms with Crippen molar-refractivity contribution in [1.82, 2.24) is 9.97 Å². The van der Waals surface area contributed by atoms with Crippen molar-refractivity contribution >= 4 is 49.9 Å². The van der Waals surface area contributed by atoms with Crippen molar-refractivity contribution in [2.45, 2.75) is 24.7 Å². The Balaban J connectivity index is 0.00000385. The van der Waals surface area contributed by atoms with Gasteiger partial charge in [0.2, 0.25) is 0 Å². The zero-order valence-electron chi connectivity index (χ0n) is 17.6. The Morgan fingerprint density at radius 2 is 1.88 bits per heavy atom. The summed E-state index contributed by atoms with van der Waals surface area (Å²) in [5.74, 6) is 1.03. The molecule has 7 N–H and O–H groups in total. The molecular weight excluding hydrogens is 522 g/mol. The Bertz CT molecular complexity index is 1080. The lowest BCUT2D eigenvalue weighted by atomic mass is 10.1. The number of hydrogen-bond donors (Lipinski definition) is 5. The number of aliphatic hydroxyl groups is 4. The van der Waals surface area contributed by atoms with Crippen molar-refractivity contribution < 1.29 is 35.4 Å². The van der Waals surface area contributed by atoms with E-state index in [4.69, 9.17) is 26.2 Å². The number of anilines is 2.